The molecule has 4 amide bonds. The van der Waals surface area contributed by atoms with Crippen molar-refractivity contribution in [3.8, 4) is 5.75 Å². The van der Waals surface area contributed by atoms with Crippen LogP contribution in [0.4, 0.5) is 0 Å². The highest BCUT2D eigenvalue weighted by atomic mass is 16.5. The summed E-state index contributed by atoms with van der Waals surface area (Å²) < 4.78 is 12.3. The Hall–Kier alpha value is -2.82. The van der Waals surface area contributed by atoms with Gasteiger partial charge in [-0.05, 0) is 64.0 Å². The summed E-state index contributed by atoms with van der Waals surface area (Å²) in [5.41, 5.74) is 0.467. The first-order chi connectivity index (χ1) is 16.4. The quantitative estimate of drug-likeness (QED) is 0.571. The van der Waals surface area contributed by atoms with Crippen molar-refractivity contribution in [2.45, 2.75) is 56.4 Å². The lowest BCUT2D eigenvalue weighted by Crippen LogP contribution is -2.54. The summed E-state index contributed by atoms with van der Waals surface area (Å²) in [7, 11) is 2.06. The summed E-state index contributed by atoms with van der Waals surface area (Å²) in [6.45, 7) is 3.30. The van der Waals surface area contributed by atoms with E-state index in [2.05, 4.69) is 22.6 Å². The van der Waals surface area contributed by atoms with Crippen molar-refractivity contribution >= 4 is 23.6 Å². The van der Waals surface area contributed by atoms with Crippen LogP contribution < -0.4 is 15.4 Å². The van der Waals surface area contributed by atoms with Gasteiger partial charge in [0, 0.05) is 19.0 Å². The van der Waals surface area contributed by atoms with Gasteiger partial charge in [-0.15, -0.1) is 0 Å². The molecule has 0 aliphatic carbocycles. The molecule has 10 heteroatoms. The van der Waals surface area contributed by atoms with E-state index in [9.17, 15) is 19.2 Å². The Morgan fingerprint density at radius 3 is 2.53 bits per heavy atom. The number of carbonyl (C=O) groups is 4. The molecule has 5 rings (SSSR count). The molecule has 4 aliphatic rings. The highest BCUT2D eigenvalue weighted by molar-refractivity contribution is 6.23. The van der Waals surface area contributed by atoms with E-state index in [1.807, 2.05) is 0 Å². The normalized spacial score (nSPS) is 28.4. The minimum Gasteiger partial charge on any atom is -0.492 e. The second-order valence-corrected chi connectivity index (χ2v) is 9.50. The number of fused-ring (bicyclic) bond motifs is 1. The van der Waals surface area contributed by atoms with Gasteiger partial charge in [0.2, 0.25) is 11.8 Å². The standard InChI is InChI=1S/C24H30N4O6/c1-27-12-17(34-15-6-8-25-9-7-15)10-14(27)13-33-16-2-3-18-19(11-16)24(32)28(23(18)31)20-4-5-21(29)26-22(20)30/h2-3,11,14-15,17,20,25H,4-10,12-13H2,1H3,(H,26,29,30)/t14-,17+,20?/m0/s1. The first-order valence-electron chi connectivity index (χ1n) is 12.0. The molecule has 1 aromatic carbocycles. The zero-order chi connectivity index (χ0) is 23.8. The molecule has 4 aliphatic heterocycles. The molecule has 1 aromatic rings. The van der Waals surface area contributed by atoms with Crippen LogP contribution in [0.15, 0.2) is 18.2 Å². The molecule has 4 heterocycles. The summed E-state index contributed by atoms with van der Waals surface area (Å²) in [5.74, 6) is -1.56. The predicted molar refractivity (Wildman–Crippen MR) is 120 cm³/mol. The molecule has 34 heavy (non-hydrogen) atoms. The maximum atomic E-state index is 13.0. The van der Waals surface area contributed by atoms with Gasteiger partial charge in [-0.1, -0.05) is 0 Å². The number of amides is 4. The predicted octanol–water partition coefficient (Wildman–Crippen LogP) is 0.308. The van der Waals surface area contributed by atoms with Gasteiger partial charge in [0.25, 0.3) is 11.8 Å². The smallest absolute Gasteiger partial charge is 0.262 e. The van der Waals surface area contributed by atoms with Gasteiger partial charge in [0.15, 0.2) is 0 Å². The Labute approximate surface area is 197 Å². The van der Waals surface area contributed by atoms with E-state index in [1.165, 1.54) is 0 Å². The largest absolute Gasteiger partial charge is 0.492 e. The van der Waals surface area contributed by atoms with E-state index in [4.69, 9.17) is 9.47 Å². The van der Waals surface area contributed by atoms with Gasteiger partial charge in [-0.2, -0.15) is 0 Å². The van der Waals surface area contributed by atoms with Crippen molar-refractivity contribution < 1.29 is 28.7 Å². The van der Waals surface area contributed by atoms with E-state index < -0.39 is 29.7 Å². The molecule has 10 nitrogen and oxygen atoms in total. The van der Waals surface area contributed by atoms with Crippen molar-refractivity contribution in [3.63, 3.8) is 0 Å². The number of ether oxygens (including phenoxy) is 2. The fourth-order valence-electron chi connectivity index (χ4n) is 5.26. The Morgan fingerprint density at radius 2 is 1.76 bits per heavy atom. The highest BCUT2D eigenvalue weighted by Gasteiger charge is 2.44. The number of hydrogen-bond donors (Lipinski definition) is 2. The first-order valence-corrected chi connectivity index (χ1v) is 12.0. The molecule has 3 atom stereocenters. The first kappa shape index (κ1) is 22.9. The number of benzene rings is 1. The van der Waals surface area contributed by atoms with Crippen LogP contribution in [-0.2, 0) is 14.3 Å². The van der Waals surface area contributed by atoms with Gasteiger partial charge in [-0.25, -0.2) is 0 Å². The average molecular weight is 471 g/mol. The minimum absolute atomic E-state index is 0.0927. The number of nitrogens with one attached hydrogen (secondary N) is 2. The van der Waals surface area contributed by atoms with Crippen molar-refractivity contribution in [2.24, 2.45) is 0 Å². The maximum absolute atomic E-state index is 13.0. The number of piperidine rings is 2. The third-order valence-corrected chi connectivity index (χ3v) is 7.17. The molecule has 0 bridgehead atoms. The van der Waals surface area contributed by atoms with E-state index in [0.29, 0.717) is 18.5 Å². The number of nitrogens with zero attached hydrogens (tertiary/aromatic N) is 2. The van der Waals surface area contributed by atoms with Crippen LogP contribution in [0.2, 0.25) is 0 Å². The third-order valence-electron chi connectivity index (χ3n) is 7.17. The Bertz CT molecular complexity index is 1010. The Balaban J connectivity index is 1.20. The summed E-state index contributed by atoms with van der Waals surface area (Å²) in [4.78, 5) is 52.7. The van der Waals surface area contributed by atoms with Crippen LogP contribution in [0, 0.1) is 0 Å². The number of hydrogen-bond acceptors (Lipinski definition) is 8. The van der Waals surface area contributed by atoms with Gasteiger partial charge < -0.3 is 14.8 Å². The van der Waals surface area contributed by atoms with Crippen molar-refractivity contribution in [1.82, 2.24) is 20.4 Å². The second-order valence-electron chi connectivity index (χ2n) is 9.50. The summed E-state index contributed by atoms with van der Waals surface area (Å²) in [5, 5.41) is 5.56. The van der Waals surface area contributed by atoms with Crippen LogP contribution in [0.25, 0.3) is 0 Å². The zero-order valence-corrected chi connectivity index (χ0v) is 19.2. The van der Waals surface area contributed by atoms with Gasteiger partial charge in [-0.3, -0.25) is 34.3 Å². The van der Waals surface area contributed by atoms with Crippen LogP contribution in [0.1, 0.15) is 52.8 Å². The van der Waals surface area contributed by atoms with Crippen LogP contribution in [-0.4, -0.2) is 91.0 Å². The monoisotopic (exact) mass is 470 g/mol. The molecule has 1 unspecified atom stereocenters. The SMILES string of the molecule is CN1C[C@H](OC2CCNCC2)C[C@H]1COc1ccc2c(c1)C(=O)N(C1CCC(=O)NC1=O)C2=O. The molecule has 0 aromatic heterocycles. The number of rotatable bonds is 6. The molecule has 0 spiro atoms. The number of likely N-dealkylation sites (N-methyl/N-ethyl adjacent to an activating group) is 1. The average Bonchev–Trinajstić information content (AvgIpc) is 3.29. The fraction of sp³-hybridized carbons (Fsp3) is 0.583. The fourth-order valence-corrected chi connectivity index (χ4v) is 5.26. The van der Waals surface area contributed by atoms with Crippen molar-refractivity contribution in [1.29, 1.82) is 0 Å². The molecular formula is C24H30N4O6. The van der Waals surface area contributed by atoms with Crippen LogP contribution in [0.5, 0.6) is 5.75 Å². The van der Waals surface area contributed by atoms with Gasteiger partial charge in [0.1, 0.15) is 18.4 Å². The van der Waals surface area contributed by atoms with Crippen molar-refractivity contribution in [2.75, 3.05) is 33.3 Å². The molecule has 3 fully saturated rings. The summed E-state index contributed by atoms with van der Waals surface area (Å²) >= 11 is 0. The van der Waals surface area contributed by atoms with Gasteiger partial charge >= 0.3 is 0 Å². The number of likely N-dealkylation sites (tertiary alicyclic amines) is 1. The topological polar surface area (TPSA) is 117 Å². The van der Waals surface area contributed by atoms with Crippen LogP contribution in [0.3, 0.4) is 0 Å². The van der Waals surface area contributed by atoms with E-state index in [-0.39, 0.29) is 36.1 Å². The molecule has 2 N–H and O–H groups in total. The Morgan fingerprint density at radius 1 is 1.00 bits per heavy atom. The molecular weight excluding hydrogens is 440 g/mol. The minimum atomic E-state index is -0.974. The van der Waals surface area contributed by atoms with Gasteiger partial charge in [0.05, 0.1) is 23.3 Å². The number of imide groups is 2. The molecule has 0 saturated carbocycles. The van der Waals surface area contributed by atoms with E-state index in [0.717, 1.165) is 43.8 Å². The molecule has 182 valence electrons. The van der Waals surface area contributed by atoms with Crippen molar-refractivity contribution in [3.05, 3.63) is 29.3 Å². The van der Waals surface area contributed by atoms with E-state index >= 15 is 0 Å². The molecule has 3 saturated heterocycles. The number of carbonyl (C=O) groups excluding carboxylic acids is 4. The second kappa shape index (κ2) is 9.44. The lowest BCUT2D eigenvalue weighted by molar-refractivity contribution is -0.136. The zero-order valence-electron chi connectivity index (χ0n) is 19.2. The maximum Gasteiger partial charge on any atom is 0.262 e. The van der Waals surface area contributed by atoms with Crippen LogP contribution >= 0.6 is 0 Å². The lowest BCUT2D eigenvalue weighted by Gasteiger charge is -2.27. The highest BCUT2D eigenvalue weighted by Crippen LogP contribution is 2.31. The summed E-state index contributed by atoms with van der Waals surface area (Å²) in [6, 6.07) is 4.03. The van der Waals surface area contributed by atoms with E-state index in [1.54, 1.807) is 18.2 Å². The third kappa shape index (κ3) is 4.45. The lowest BCUT2D eigenvalue weighted by atomic mass is 10.0. The summed E-state index contributed by atoms with van der Waals surface area (Å²) in [6.07, 6.45) is 3.68. The Kier molecular flexibility index (Phi) is 6.37. The molecule has 0 radical (unpaired) electrons.